The standard InChI is InChI=1S/C24H22F3N3O/c25-24(26,27)20-6-1-4-18(15-20)21-7-2-8-22(29-21)19-5-3-13-30(16-19)23(31)14-17-9-11-28-12-10-17/h1-2,4,6-12,15,19H,3,5,13-14,16H2/t19-/m1/s1. The van der Waals surface area contributed by atoms with Gasteiger partial charge in [-0.05, 0) is 54.8 Å². The highest BCUT2D eigenvalue weighted by Crippen LogP contribution is 2.33. The van der Waals surface area contributed by atoms with E-state index in [9.17, 15) is 18.0 Å². The van der Waals surface area contributed by atoms with Crippen molar-refractivity contribution in [3.05, 3.63) is 83.8 Å². The second kappa shape index (κ2) is 8.88. The lowest BCUT2D eigenvalue weighted by atomic mass is 9.93. The van der Waals surface area contributed by atoms with E-state index in [2.05, 4.69) is 9.97 Å². The number of hydrogen-bond acceptors (Lipinski definition) is 3. The molecule has 4 nitrogen and oxygen atoms in total. The molecule has 31 heavy (non-hydrogen) atoms. The molecular weight excluding hydrogens is 403 g/mol. The maximum absolute atomic E-state index is 13.1. The summed E-state index contributed by atoms with van der Waals surface area (Å²) < 4.78 is 39.2. The fourth-order valence-corrected chi connectivity index (χ4v) is 3.93. The van der Waals surface area contributed by atoms with Crippen LogP contribution in [-0.4, -0.2) is 33.9 Å². The lowest BCUT2D eigenvalue weighted by Gasteiger charge is -2.32. The maximum atomic E-state index is 13.1. The zero-order valence-electron chi connectivity index (χ0n) is 16.8. The summed E-state index contributed by atoms with van der Waals surface area (Å²) in [6, 6.07) is 14.3. The van der Waals surface area contributed by atoms with Crippen molar-refractivity contribution in [2.24, 2.45) is 0 Å². The Hall–Kier alpha value is -3.22. The zero-order valence-corrected chi connectivity index (χ0v) is 16.8. The van der Waals surface area contributed by atoms with Gasteiger partial charge in [0.2, 0.25) is 5.91 Å². The Balaban J connectivity index is 1.50. The minimum absolute atomic E-state index is 0.0564. The summed E-state index contributed by atoms with van der Waals surface area (Å²) in [6.07, 6.45) is 1.02. The highest BCUT2D eigenvalue weighted by Gasteiger charge is 2.31. The Morgan fingerprint density at radius 3 is 2.61 bits per heavy atom. The molecular formula is C24H22F3N3O. The normalized spacial score (nSPS) is 16.9. The van der Waals surface area contributed by atoms with Crippen molar-refractivity contribution < 1.29 is 18.0 Å². The second-order valence-electron chi connectivity index (χ2n) is 7.74. The van der Waals surface area contributed by atoms with Gasteiger partial charge in [-0.1, -0.05) is 18.2 Å². The number of alkyl halides is 3. The lowest BCUT2D eigenvalue weighted by Crippen LogP contribution is -2.40. The molecule has 0 aliphatic carbocycles. The molecule has 1 amide bonds. The third-order valence-electron chi connectivity index (χ3n) is 5.55. The first-order chi connectivity index (χ1) is 14.9. The van der Waals surface area contributed by atoms with Crippen LogP contribution in [0.1, 0.15) is 35.6 Å². The van der Waals surface area contributed by atoms with E-state index in [4.69, 9.17) is 0 Å². The van der Waals surface area contributed by atoms with Crippen molar-refractivity contribution in [1.29, 1.82) is 0 Å². The Labute approximate surface area is 178 Å². The molecule has 0 radical (unpaired) electrons. The summed E-state index contributed by atoms with van der Waals surface area (Å²) in [4.78, 5) is 23.2. The van der Waals surface area contributed by atoms with E-state index in [-0.39, 0.29) is 11.8 Å². The summed E-state index contributed by atoms with van der Waals surface area (Å²) >= 11 is 0. The summed E-state index contributed by atoms with van der Waals surface area (Å²) in [5, 5.41) is 0. The Morgan fingerprint density at radius 1 is 1.06 bits per heavy atom. The van der Waals surface area contributed by atoms with E-state index in [0.717, 1.165) is 36.2 Å². The smallest absolute Gasteiger partial charge is 0.342 e. The van der Waals surface area contributed by atoms with Gasteiger partial charge in [0.15, 0.2) is 0 Å². The summed E-state index contributed by atoms with van der Waals surface area (Å²) in [5.74, 6) is 0.117. The Kier molecular flexibility index (Phi) is 6.02. The number of aromatic nitrogens is 2. The van der Waals surface area contributed by atoms with Crippen LogP contribution in [0.15, 0.2) is 67.0 Å². The van der Waals surface area contributed by atoms with Crippen LogP contribution in [0.5, 0.6) is 0 Å². The van der Waals surface area contributed by atoms with Crippen LogP contribution in [0.25, 0.3) is 11.3 Å². The molecule has 1 fully saturated rings. The van der Waals surface area contributed by atoms with Gasteiger partial charge < -0.3 is 4.90 Å². The molecule has 3 heterocycles. The van der Waals surface area contributed by atoms with Gasteiger partial charge in [-0.15, -0.1) is 0 Å². The van der Waals surface area contributed by atoms with Crippen molar-refractivity contribution in [1.82, 2.24) is 14.9 Å². The lowest BCUT2D eigenvalue weighted by molar-refractivity contribution is -0.137. The first-order valence-electron chi connectivity index (χ1n) is 10.2. The Morgan fingerprint density at radius 2 is 1.84 bits per heavy atom. The number of piperidine rings is 1. The number of carbonyl (C=O) groups is 1. The maximum Gasteiger partial charge on any atom is 0.416 e. The number of benzene rings is 1. The van der Waals surface area contributed by atoms with Gasteiger partial charge in [-0.25, -0.2) is 0 Å². The topological polar surface area (TPSA) is 46.1 Å². The van der Waals surface area contributed by atoms with Crippen molar-refractivity contribution in [3.63, 3.8) is 0 Å². The molecule has 4 rings (SSSR count). The number of rotatable bonds is 4. The second-order valence-corrected chi connectivity index (χ2v) is 7.74. The van der Waals surface area contributed by atoms with Crippen molar-refractivity contribution in [3.8, 4) is 11.3 Å². The third kappa shape index (κ3) is 5.10. The molecule has 160 valence electrons. The number of hydrogen-bond donors (Lipinski definition) is 0. The highest BCUT2D eigenvalue weighted by molar-refractivity contribution is 5.79. The van der Waals surface area contributed by atoms with Gasteiger partial charge in [0.1, 0.15) is 0 Å². The van der Waals surface area contributed by atoms with Gasteiger partial charge >= 0.3 is 6.18 Å². The minimum atomic E-state index is -4.40. The van der Waals surface area contributed by atoms with Crippen molar-refractivity contribution in [2.75, 3.05) is 13.1 Å². The average Bonchev–Trinajstić information content (AvgIpc) is 2.79. The van der Waals surface area contributed by atoms with Gasteiger partial charge in [0.05, 0.1) is 17.7 Å². The predicted molar refractivity (Wildman–Crippen MR) is 111 cm³/mol. The monoisotopic (exact) mass is 425 g/mol. The molecule has 1 aromatic carbocycles. The molecule has 3 aromatic rings. The molecule has 1 atom stereocenters. The number of pyridine rings is 2. The largest absolute Gasteiger partial charge is 0.416 e. The molecule has 0 unspecified atom stereocenters. The first-order valence-corrected chi connectivity index (χ1v) is 10.2. The number of amides is 1. The van der Waals surface area contributed by atoms with Gasteiger partial charge in [-0.3, -0.25) is 14.8 Å². The molecule has 0 saturated carbocycles. The fourth-order valence-electron chi connectivity index (χ4n) is 3.93. The van der Waals surface area contributed by atoms with Gasteiger partial charge in [0, 0.05) is 42.7 Å². The van der Waals surface area contributed by atoms with E-state index in [1.807, 2.05) is 29.2 Å². The molecule has 1 saturated heterocycles. The van der Waals surface area contributed by atoms with Gasteiger partial charge in [0.25, 0.3) is 0 Å². The van der Waals surface area contributed by atoms with Crippen LogP contribution in [0.4, 0.5) is 13.2 Å². The molecule has 0 N–H and O–H groups in total. The zero-order chi connectivity index (χ0) is 21.8. The predicted octanol–water partition coefficient (Wildman–Crippen LogP) is 5.11. The van der Waals surface area contributed by atoms with Crippen LogP contribution < -0.4 is 0 Å². The summed E-state index contributed by atoms with van der Waals surface area (Å²) in [5.41, 5.74) is 1.97. The molecule has 0 spiro atoms. The minimum Gasteiger partial charge on any atom is -0.342 e. The van der Waals surface area contributed by atoms with Crippen LogP contribution in [-0.2, 0) is 17.4 Å². The Bertz CT molecular complexity index is 1050. The number of carbonyl (C=O) groups excluding carboxylic acids is 1. The van der Waals surface area contributed by atoms with E-state index in [1.54, 1.807) is 24.5 Å². The number of likely N-dealkylation sites (tertiary alicyclic amines) is 1. The highest BCUT2D eigenvalue weighted by atomic mass is 19.4. The van der Waals surface area contributed by atoms with E-state index < -0.39 is 11.7 Å². The van der Waals surface area contributed by atoms with Gasteiger partial charge in [-0.2, -0.15) is 13.2 Å². The average molecular weight is 425 g/mol. The third-order valence-corrected chi connectivity index (χ3v) is 5.55. The van der Waals surface area contributed by atoms with Crippen molar-refractivity contribution >= 4 is 5.91 Å². The number of nitrogens with zero attached hydrogens (tertiary/aromatic N) is 3. The van der Waals surface area contributed by atoms with Crippen LogP contribution >= 0.6 is 0 Å². The quantitative estimate of drug-likeness (QED) is 0.584. The van der Waals surface area contributed by atoms with E-state index >= 15 is 0 Å². The van der Waals surface area contributed by atoms with E-state index in [0.29, 0.717) is 30.8 Å². The molecule has 0 bridgehead atoms. The SMILES string of the molecule is O=C(Cc1ccncc1)N1CCC[C@@H](c2cccc(-c3cccc(C(F)(F)F)c3)n2)C1. The summed E-state index contributed by atoms with van der Waals surface area (Å²) in [7, 11) is 0. The number of halogens is 3. The van der Waals surface area contributed by atoms with Crippen LogP contribution in [0.2, 0.25) is 0 Å². The molecule has 1 aliphatic rings. The molecule has 7 heteroatoms. The van der Waals surface area contributed by atoms with Crippen LogP contribution in [0, 0.1) is 0 Å². The van der Waals surface area contributed by atoms with Crippen LogP contribution in [0.3, 0.4) is 0 Å². The molecule has 1 aliphatic heterocycles. The van der Waals surface area contributed by atoms with E-state index in [1.165, 1.54) is 6.07 Å². The molecule has 2 aromatic heterocycles. The first kappa shape index (κ1) is 21.0. The van der Waals surface area contributed by atoms with Crippen molar-refractivity contribution in [2.45, 2.75) is 31.4 Å². The fraction of sp³-hybridized carbons (Fsp3) is 0.292. The summed E-state index contributed by atoms with van der Waals surface area (Å²) in [6.45, 7) is 1.26.